The van der Waals surface area contributed by atoms with Crippen LogP contribution in [0, 0.1) is 6.92 Å². The molecule has 0 radical (unpaired) electrons. The third-order valence-corrected chi connectivity index (χ3v) is 5.37. The van der Waals surface area contributed by atoms with Gasteiger partial charge in [0.05, 0.1) is 19.3 Å². The largest absolute Gasteiger partial charge is 0.379 e. The highest BCUT2D eigenvalue weighted by Gasteiger charge is 2.23. The highest BCUT2D eigenvalue weighted by atomic mass is 35.5. The number of ether oxygens (including phenoxy) is 1. The van der Waals surface area contributed by atoms with Crippen LogP contribution < -0.4 is 5.32 Å². The molecule has 8 heteroatoms. The Balaban J connectivity index is 1.44. The van der Waals surface area contributed by atoms with Crippen molar-refractivity contribution in [2.75, 3.05) is 32.8 Å². The van der Waals surface area contributed by atoms with Gasteiger partial charge in [0.15, 0.2) is 5.82 Å². The van der Waals surface area contributed by atoms with Crippen molar-refractivity contribution in [1.29, 1.82) is 0 Å². The van der Waals surface area contributed by atoms with Gasteiger partial charge in [-0.25, -0.2) is 0 Å². The molecule has 1 aromatic heterocycles. The van der Waals surface area contributed by atoms with E-state index in [1.165, 1.54) is 0 Å². The van der Waals surface area contributed by atoms with E-state index in [0.717, 1.165) is 24.2 Å². The van der Waals surface area contributed by atoms with E-state index in [0.29, 0.717) is 42.1 Å². The molecular formula is C22H23ClN4O3. The van der Waals surface area contributed by atoms with E-state index >= 15 is 0 Å². The van der Waals surface area contributed by atoms with Crippen molar-refractivity contribution in [3.8, 4) is 11.5 Å². The lowest BCUT2D eigenvalue weighted by atomic mass is 10.0. The van der Waals surface area contributed by atoms with E-state index in [1.54, 1.807) is 31.2 Å². The molecule has 1 unspecified atom stereocenters. The molecule has 2 aromatic carbocycles. The number of halogens is 1. The zero-order chi connectivity index (χ0) is 20.9. The van der Waals surface area contributed by atoms with Gasteiger partial charge in [-0.15, -0.1) is 0 Å². The van der Waals surface area contributed by atoms with Crippen LogP contribution in [0.15, 0.2) is 53.1 Å². The number of morpholine rings is 1. The maximum absolute atomic E-state index is 12.7. The first-order valence-electron chi connectivity index (χ1n) is 9.86. The van der Waals surface area contributed by atoms with Gasteiger partial charge < -0.3 is 14.6 Å². The normalized spacial score (nSPS) is 15.7. The molecule has 7 nitrogen and oxygen atoms in total. The highest BCUT2D eigenvalue weighted by Crippen LogP contribution is 2.23. The van der Waals surface area contributed by atoms with Gasteiger partial charge in [-0.2, -0.15) is 4.98 Å². The van der Waals surface area contributed by atoms with Gasteiger partial charge in [0, 0.05) is 35.8 Å². The minimum absolute atomic E-state index is 0.0516. The van der Waals surface area contributed by atoms with Gasteiger partial charge in [0.1, 0.15) is 0 Å². The Morgan fingerprint density at radius 3 is 2.47 bits per heavy atom. The number of hydrogen-bond acceptors (Lipinski definition) is 6. The first-order chi connectivity index (χ1) is 14.6. The van der Waals surface area contributed by atoms with Crippen LogP contribution in [-0.2, 0) is 4.74 Å². The van der Waals surface area contributed by atoms with Crippen molar-refractivity contribution in [2.24, 2.45) is 0 Å². The summed E-state index contributed by atoms with van der Waals surface area (Å²) in [6.07, 6.45) is 0. The van der Waals surface area contributed by atoms with Crippen LogP contribution >= 0.6 is 11.6 Å². The molecular weight excluding hydrogens is 404 g/mol. The summed E-state index contributed by atoms with van der Waals surface area (Å²) in [5.41, 5.74) is 2.47. The Bertz CT molecular complexity index is 982. The molecule has 1 aliphatic rings. The molecule has 2 heterocycles. The van der Waals surface area contributed by atoms with E-state index in [9.17, 15) is 4.79 Å². The second kappa shape index (κ2) is 9.38. The summed E-state index contributed by atoms with van der Waals surface area (Å²) in [7, 11) is 0. The molecule has 1 amide bonds. The quantitative estimate of drug-likeness (QED) is 0.649. The molecule has 3 aromatic rings. The smallest absolute Gasteiger partial charge is 0.257 e. The van der Waals surface area contributed by atoms with Crippen LogP contribution in [0.25, 0.3) is 11.5 Å². The molecule has 1 N–H and O–H groups in total. The molecule has 0 saturated carbocycles. The van der Waals surface area contributed by atoms with Crippen LogP contribution in [0.1, 0.15) is 27.8 Å². The number of nitrogens with one attached hydrogen (secondary N) is 1. The fourth-order valence-electron chi connectivity index (χ4n) is 3.50. The van der Waals surface area contributed by atoms with E-state index in [1.807, 2.05) is 24.3 Å². The SMILES string of the molecule is Cc1noc(-c2ccc(C(=O)NCC(c3ccc(Cl)cc3)N3CCOCC3)cc2)n1. The Labute approximate surface area is 180 Å². The fraction of sp³-hybridized carbons (Fsp3) is 0.318. The second-order valence-corrected chi connectivity index (χ2v) is 7.59. The average molecular weight is 427 g/mol. The monoisotopic (exact) mass is 426 g/mol. The molecule has 0 spiro atoms. The van der Waals surface area contributed by atoms with Gasteiger partial charge in [-0.1, -0.05) is 28.9 Å². The number of carbonyl (C=O) groups is 1. The van der Waals surface area contributed by atoms with Crippen molar-refractivity contribution in [1.82, 2.24) is 20.4 Å². The lowest BCUT2D eigenvalue weighted by Gasteiger charge is -2.35. The summed E-state index contributed by atoms with van der Waals surface area (Å²) < 4.78 is 10.6. The topological polar surface area (TPSA) is 80.5 Å². The molecule has 1 aliphatic heterocycles. The Kier molecular flexibility index (Phi) is 6.42. The summed E-state index contributed by atoms with van der Waals surface area (Å²) in [5.74, 6) is 0.883. The third kappa shape index (κ3) is 4.87. The first-order valence-corrected chi connectivity index (χ1v) is 10.2. The molecule has 1 fully saturated rings. The van der Waals surface area contributed by atoms with Crippen molar-refractivity contribution >= 4 is 17.5 Å². The molecule has 0 bridgehead atoms. The minimum atomic E-state index is -0.129. The van der Waals surface area contributed by atoms with Crippen molar-refractivity contribution in [2.45, 2.75) is 13.0 Å². The van der Waals surface area contributed by atoms with Gasteiger partial charge in [-0.3, -0.25) is 9.69 Å². The fourth-order valence-corrected chi connectivity index (χ4v) is 3.63. The van der Waals surface area contributed by atoms with Gasteiger partial charge >= 0.3 is 0 Å². The lowest BCUT2D eigenvalue weighted by molar-refractivity contribution is 0.0162. The summed E-state index contributed by atoms with van der Waals surface area (Å²) >= 11 is 6.05. The van der Waals surface area contributed by atoms with E-state index < -0.39 is 0 Å². The maximum atomic E-state index is 12.7. The number of carbonyl (C=O) groups excluding carboxylic acids is 1. The van der Waals surface area contributed by atoms with Crippen LogP contribution in [0.4, 0.5) is 0 Å². The summed E-state index contributed by atoms with van der Waals surface area (Å²) in [6, 6.07) is 15.0. The lowest BCUT2D eigenvalue weighted by Crippen LogP contribution is -2.43. The predicted octanol–water partition coefficient (Wildman–Crippen LogP) is 3.50. The summed E-state index contributed by atoms with van der Waals surface area (Å²) in [4.78, 5) is 19.3. The van der Waals surface area contributed by atoms with Crippen LogP contribution in [-0.4, -0.2) is 53.8 Å². The second-order valence-electron chi connectivity index (χ2n) is 7.15. The molecule has 30 heavy (non-hydrogen) atoms. The highest BCUT2D eigenvalue weighted by molar-refractivity contribution is 6.30. The Morgan fingerprint density at radius 2 is 1.83 bits per heavy atom. The van der Waals surface area contributed by atoms with Gasteiger partial charge in [0.2, 0.25) is 0 Å². The van der Waals surface area contributed by atoms with Crippen molar-refractivity contribution in [3.63, 3.8) is 0 Å². The minimum Gasteiger partial charge on any atom is -0.379 e. The Morgan fingerprint density at radius 1 is 1.13 bits per heavy atom. The molecule has 4 rings (SSSR count). The standard InChI is InChI=1S/C22H23ClN4O3/c1-15-25-22(30-26-15)18-4-2-17(3-5-18)21(28)24-14-20(27-10-12-29-13-11-27)16-6-8-19(23)9-7-16/h2-9,20H,10-14H2,1H3,(H,24,28). The van der Waals surface area contributed by atoms with Crippen molar-refractivity contribution in [3.05, 3.63) is 70.5 Å². The van der Waals surface area contributed by atoms with E-state index in [-0.39, 0.29) is 11.9 Å². The number of aryl methyl sites for hydroxylation is 1. The molecule has 1 atom stereocenters. The van der Waals surface area contributed by atoms with E-state index in [2.05, 4.69) is 20.4 Å². The number of rotatable bonds is 6. The van der Waals surface area contributed by atoms with Crippen LogP contribution in [0.5, 0.6) is 0 Å². The van der Waals surface area contributed by atoms with E-state index in [4.69, 9.17) is 20.9 Å². The number of hydrogen-bond donors (Lipinski definition) is 1. The first kappa shape index (κ1) is 20.5. The maximum Gasteiger partial charge on any atom is 0.257 e. The zero-order valence-corrected chi connectivity index (χ0v) is 17.4. The van der Waals surface area contributed by atoms with Crippen LogP contribution in [0.2, 0.25) is 5.02 Å². The third-order valence-electron chi connectivity index (χ3n) is 5.12. The molecule has 156 valence electrons. The van der Waals surface area contributed by atoms with Crippen molar-refractivity contribution < 1.29 is 14.1 Å². The Hall–Kier alpha value is -2.74. The zero-order valence-electron chi connectivity index (χ0n) is 16.7. The number of nitrogens with zero attached hydrogens (tertiary/aromatic N) is 3. The number of aromatic nitrogens is 2. The van der Waals surface area contributed by atoms with Gasteiger partial charge in [0.25, 0.3) is 11.8 Å². The predicted molar refractivity (Wildman–Crippen MR) is 113 cm³/mol. The number of amides is 1. The summed E-state index contributed by atoms with van der Waals surface area (Å²) in [5, 5.41) is 7.55. The molecule has 0 aliphatic carbocycles. The average Bonchev–Trinajstić information content (AvgIpc) is 3.22. The van der Waals surface area contributed by atoms with Gasteiger partial charge in [-0.05, 0) is 48.9 Å². The number of benzene rings is 2. The molecule has 1 saturated heterocycles. The summed E-state index contributed by atoms with van der Waals surface area (Å²) in [6.45, 7) is 5.28. The van der Waals surface area contributed by atoms with Crippen LogP contribution in [0.3, 0.4) is 0 Å².